The number of unbranched alkanes of at least 4 members (excludes halogenated alkanes) is 10. The maximum atomic E-state index is 14.5. The number of ether oxygens (including phenoxy) is 4. The molecule has 13 heteroatoms. The number of aliphatic hydroxyl groups is 2. The zero-order valence-corrected chi connectivity index (χ0v) is 32.5. The van der Waals surface area contributed by atoms with Gasteiger partial charge in [0.1, 0.15) is 5.75 Å². The maximum absolute atomic E-state index is 14.5. The molecule has 1 aliphatic rings. The molecule has 0 spiro atoms. The van der Waals surface area contributed by atoms with Crippen LogP contribution in [0.3, 0.4) is 0 Å². The first-order chi connectivity index (χ1) is 26.3. The minimum absolute atomic E-state index is 0.109. The lowest BCUT2D eigenvalue weighted by atomic mass is 10.0. The highest BCUT2D eigenvalue weighted by atomic mass is 31.2. The first kappa shape index (κ1) is 44.7. The van der Waals surface area contributed by atoms with Gasteiger partial charge < -0.3 is 33.7 Å². The number of rotatable bonds is 29. The van der Waals surface area contributed by atoms with Crippen molar-refractivity contribution in [1.82, 2.24) is 0 Å². The number of para-hydroxylation sites is 1. The van der Waals surface area contributed by atoms with E-state index in [9.17, 15) is 23.7 Å². The smallest absolute Gasteiger partial charge is 0.310 e. The molecule has 2 aromatic carbocycles. The SMILES string of the molecule is O=C(CCCCC(=O)OCCCCCCOC(=O)CC(CP1(=O)Oc2ccccc2-c2ccccc21)C(=O)OCCCCCCO)OCCCCCCO. The minimum atomic E-state index is -3.63. The van der Waals surface area contributed by atoms with Gasteiger partial charge in [-0.05, 0) is 94.7 Å². The lowest BCUT2D eigenvalue weighted by Gasteiger charge is -2.30. The summed E-state index contributed by atoms with van der Waals surface area (Å²) in [5.41, 5.74) is 1.58. The van der Waals surface area contributed by atoms with Gasteiger partial charge >= 0.3 is 23.9 Å². The van der Waals surface area contributed by atoms with Crippen LogP contribution in [0.1, 0.15) is 109 Å². The van der Waals surface area contributed by atoms with E-state index in [0.29, 0.717) is 56.2 Å². The Kier molecular flexibility index (Phi) is 21.6. The summed E-state index contributed by atoms with van der Waals surface area (Å²) in [6, 6.07) is 14.5. The van der Waals surface area contributed by atoms with Crippen molar-refractivity contribution in [1.29, 1.82) is 0 Å². The predicted octanol–water partition coefficient (Wildman–Crippen LogP) is 7.05. The van der Waals surface area contributed by atoms with Gasteiger partial charge in [0.2, 0.25) is 0 Å². The molecule has 1 aliphatic heterocycles. The summed E-state index contributed by atoms with van der Waals surface area (Å²) in [5, 5.41) is 18.3. The lowest BCUT2D eigenvalue weighted by molar-refractivity contribution is -0.154. The molecule has 3 rings (SSSR count). The zero-order chi connectivity index (χ0) is 38.9. The van der Waals surface area contributed by atoms with Gasteiger partial charge in [-0.1, -0.05) is 49.2 Å². The van der Waals surface area contributed by atoms with Gasteiger partial charge in [-0.3, -0.25) is 23.7 Å². The minimum Gasteiger partial charge on any atom is -0.466 e. The summed E-state index contributed by atoms with van der Waals surface area (Å²) in [5.74, 6) is -2.36. The summed E-state index contributed by atoms with van der Waals surface area (Å²) in [6.45, 7) is 1.27. The first-order valence-electron chi connectivity index (χ1n) is 19.6. The number of carbonyl (C=O) groups is 4. The Morgan fingerprint density at radius 3 is 1.57 bits per heavy atom. The molecular weight excluding hydrogens is 715 g/mol. The van der Waals surface area contributed by atoms with Crippen molar-refractivity contribution in [3.63, 3.8) is 0 Å². The summed E-state index contributed by atoms with van der Waals surface area (Å²) >= 11 is 0. The van der Waals surface area contributed by atoms with Gasteiger partial charge in [-0.2, -0.15) is 0 Å². The van der Waals surface area contributed by atoms with Gasteiger partial charge in [-0.25, -0.2) is 0 Å². The van der Waals surface area contributed by atoms with Crippen LogP contribution in [0, 0.1) is 5.92 Å². The van der Waals surface area contributed by atoms with E-state index in [-0.39, 0.29) is 70.4 Å². The van der Waals surface area contributed by atoms with Gasteiger partial charge in [0.05, 0.1) is 50.2 Å². The molecule has 300 valence electrons. The Labute approximate surface area is 319 Å². The van der Waals surface area contributed by atoms with E-state index in [4.69, 9.17) is 33.7 Å². The Bertz CT molecular complexity index is 1480. The Balaban J connectivity index is 1.36. The molecule has 0 aromatic heterocycles. The van der Waals surface area contributed by atoms with Gasteiger partial charge in [0.25, 0.3) is 7.37 Å². The van der Waals surface area contributed by atoms with Crippen LogP contribution >= 0.6 is 7.37 Å². The maximum Gasteiger partial charge on any atom is 0.310 e. The van der Waals surface area contributed by atoms with Crippen LogP contribution in [0.25, 0.3) is 11.1 Å². The van der Waals surface area contributed by atoms with Crippen LogP contribution in [0.4, 0.5) is 0 Å². The van der Waals surface area contributed by atoms with Crippen molar-refractivity contribution in [3.05, 3.63) is 48.5 Å². The second kappa shape index (κ2) is 26.1. The number of hydrogen-bond acceptors (Lipinski definition) is 12. The second-order valence-corrected chi connectivity index (χ2v) is 16.0. The van der Waals surface area contributed by atoms with Crippen LogP contribution in [-0.4, -0.2) is 79.9 Å². The average molecular weight is 775 g/mol. The van der Waals surface area contributed by atoms with Crippen molar-refractivity contribution >= 4 is 36.6 Å². The van der Waals surface area contributed by atoms with Crippen molar-refractivity contribution in [3.8, 4) is 16.9 Å². The molecular formula is C41H59O12P. The van der Waals surface area contributed by atoms with Crippen LogP contribution in [0.5, 0.6) is 5.75 Å². The van der Waals surface area contributed by atoms with E-state index in [0.717, 1.165) is 62.5 Å². The van der Waals surface area contributed by atoms with E-state index < -0.39 is 25.2 Å². The fraction of sp³-hybridized carbons (Fsp3) is 0.610. The van der Waals surface area contributed by atoms with E-state index >= 15 is 0 Å². The molecule has 0 saturated heterocycles. The molecule has 0 amide bonds. The van der Waals surface area contributed by atoms with Crippen LogP contribution in [0.2, 0.25) is 0 Å². The zero-order valence-electron chi connectivity index (χ0n) is 31.6. The molecule has 0 bridgehead atoms. The lowest BCUT2D eigenvalue weighted by Crippen LogP contribution is -2.30. The Hall–Kier alpha value is -3.73. The van der Waals surface area contributed by atoms with Crippen LogP contribution < -0.4 is 9.83 Å². The monoisotopic (exact) mass is 774 g/mol. The summed E-state index contributed by atoms with van der Waals surface area (Å²) in [4.78, 5) is 50.1. The van der Waals surface area contributed by atoms with Gasteiger partial charge in [0, 0.05) is 31.6 Å². The van der Waals surface area contributed by atoms with Gasteiger partial charge in [-0.15, -0.1) is 0 Å². The van der Waals surface area contributed by atoms with Crippen molar-refractivity contribution in [2.75, 3.05) is 45.8 Å². The molecule has 2 unspecified atom stereocenters. The number of benzene rings is 2. The molecule has 0 radical (unpaired) electrons. The average Bonchev–Trinajstić information content (AvgIpc) is 3.17. The molecule has 2 atom stereocenters. The van der Waals surface area contributed by atoms with Crippen molar-refractivity contribution < 1.29 is 57.4 Å². The molecule has 0 aliphatic carbocycles. The summed E-state index contributed by atoms with van der Waals surface area (Å²) in [6.07, 6.45) is 10.1. The fourth-order valence-corrected chi connectivity index (χ4v) is 8.69. The highest BCUT2D eigenvalue weighted by Gasteiger charge is 2.41. The summed E-state index contributed by atoms with van der Waals surface area (Å²) in [7, 11) is -3.63. The van der Waals surface area contributed by atoms with E-state index in [1.54, 1.807) is 24.3 Å². The standard InChI is InChI=1S/C41H59O12P/c42-25-13-1-3-15-27-49-38(44)23-11-12-24-39(45)50-28-16-5-6-17-29-51-40(46)31-33(41(47)52-30-18-4-2-14-26-43)32-54(48)37-22-10-8-20-35(37)34-19-7-9-21-36(34)53-54/h7-10,19-22,33,42-43H,1-6,11-18,23-32H2. The largest absolute Gasteiger partial charge is 0.466 e. The molecule has 1 heterocycles. The van der Waals surface area contributed by atoms with Crippen LogP contribution in [-0.2, 0) is 42.7 Å². The Morgan fingerprint density at radius 2 is 1.02 bits per heavy atom. The molecule has 2 N–H and O–H groups in total. The third-order valence-electron chi connectivity index (χ3n) is 9.09. The molecule has 2 aromatic rings. The molecule has 0 saturated carbocycles. The van der Waals surface area contributed by atoms with Gasteiger partial charge in [0.15, 0.2) is 0 Å². The van der Waals surface area contributed by atoms with Crippen LogP contribution in [0.15, 0.2) is 48.5 Å². The molecule has 0 fully saturated rings. The molecule has 54 heavy (non-hydrogen) atoms. The Morgan fingerprint density at radius 1 is 0.556 bits per heavy atom. The quantitative estimate of drug-likeness (QED) is 0.0374. The normalized spacial score (nSPS) is 14.9. The predicted molar refractivity (Wildman–Crippen MR) is 205 cm³/mol. The topological polar surface area (TPSA) is 172 Å². The van der Waals surface area contributed by atoms with Crippen molar-refractivity contribution in [2.24, 2.45) is 5.92 Å². The third kappa shape index (κ3) is 16.7. The van der Waals surface area contributed by atoms with E-state index in [2.05, 4.69) is 0 Å². The number of aliphatic hydroxyl groups excluding tert-OH is 2. The highest BCUT2D eigenvalue weighted by Crippen LogP contribution is 2.55. The summed E-state index contributed by atoms with van der Waals surface area (Å²) < 4.78 is 42.1. The first-order valence-corrected chi connectivity index (χ1v) is 21.4. The third-order valence-corrected chi connectivity index (χ3v) is 11.6. The van der Waals surface area contributed by atoms with E-state index in [1.165, 1.54) is 0 Å². The number of hydrogen-bond donors (Lipinski definition) is 2. The van der Waals surface area contributed by atoms with Crippen molar-refractivity contribution in [2.45, 2.75) is 109 Å². The second-order valence-electron chi connectivity index (χ2n) is 13.6. The number of carbonyl (C=O) groups excluding carboxylic acids is 4. The molecule has 12 nitrogen and oxygen atoms in total. The number of esters is 4. The number of fused-ring (bicyclic) bond motifs is 3. The highest BCUT2D eigenvalue weighted by molar-refractivity contribution is 7.67. The fourth-order valence-electron chi connectivity index (χ4n) is 6.11. The van der Waals surface area contributed by atoms with E-state index in [1.807, 2.05) is 24.3 Å².